The van der Waals surface area contributed by atoms with E-state index in [0.717, 1.165) is 50.5 Å². The smallest absolute Gasteiger partial charge is 0.267 e. The van der Waals surface area contributed by atoms with Crippen molar-refractivity contribution in [3.63, 3.8) is 0 Å². The van der Waals surface area contributed by atoms with Gasteiger partial charge in [0.1, 0.15) is 11.6 Å². The molecule has 0 radical (unpaired) electrons. The molecule has 0 bridgehead atoms. The molecule has 10 heteroatoms. The molecular weight excluding hydrogens is 518 g/mol. The van der Waals surface area contributed by atoms with Gasteiger partial charge in [-0.3, -0.25) is 14.9 Å². The number of ether oxygens (including phenoxy) is 1. The Morgan fingerprint density at radius 3 is 2.49 bits per heavy atom. The van der Waals surface area contributed by atoms with Crippen LogP contribution in [0.4, 0.5) is 17.5 Å². The number of nitrogens with one attached hydrogen (secondary N) is 3. The first-order valence-electron chi connectivity index (χ1n) is 14.6. The van der Waals surface area contributed by atoms with Crippen molar-refractivity contribution in [3.8, 4) is 5.75 Å². The summed E-state index contributed by atoms with van der Waals surface area (Å²) in [6, 6.07) is 14.2. The molecule has 2 amide bonds. The molecule has 3 N–H and O–H groups in total. The van der Waals surface area contributed by atoms with Crippen LogP contribution in [-0.4, -0.2) is 63.9 Å². The number of nitrogens with zero attached hydrogens (tertiary/aromatic N) is 4. The molecule has 41 heavy (non-hydrogen) atoms. The molecule has 2 atom stereocenters. The van der Waals surface area contributed by atoms with Crippen LogP contribution in [0.3, 0.4) is 0 Å². The Hall–Kier alpha value is -4.05. The first kappa shape index (κ1) is 28.5. The van der Waals surface area contributed by atoms with Gasteiger partial charge < -0.3 is 20.3 Å². The highest BCUT2D eigenvalue weighted by Crippen LogP contribution is 2.30. The first-order valence-corrected chi connectivity index (χ1v) is 14.6. The van der Waals surface area contributed by atoms with Crippen LogP contribution >= 0.6 is 0 Å². The fourth-order valence-electron chi connectivity index (χ4n) is 5.48. The molecule has 2 aliphatic heterocycles. The predicted molar refractivity (Wildman–Crippen MR) is 158 cm³/mol. The van der Waals surface area contributed by atoms with E-state index in [9.17, 15) is 9.59 Å². The van der Waals surface area contributed by atoms with Crippen molar-refractivity contribution in [3.05, 3.63) is 66.6 Å². The number of likely N-dealkylation sites (tertiary alicyclic amines) is 1. The number of carbonyl (C=O) groups is 2. The van der Waals surface area contributed by atoms with Gasteiger partial charge in [0, 0.05) is 44.0 Å². The predicted octanol–water partition coefficient (Wildman–Crippen LogP) is 4.51. The third-order valence-corrected chi connectivity index (χ3v) is 7.95. The minimum absolute atomic E-state index is 0.252. The zero-order valence-corrected chi connectivity index (χ0v) is 23.6. The van der Waals surface area contributed by atoms with Crippen LogP contribution in [0.2, 0.25) is 0 Å². The quantitative estimate of drug-likeness (QED) is 0.276. The molecule has 5 rings (SSSR count). The number of rotatable bonds is 12. The van der Waals surface area contributed by atoms with Crippen molar-refractivity contribution in [1.82, 2.24) is 25.2 Å². The molecule has 4 heterocycles. The highest BCUT2D eigenvalue weighted by Gasteiger charge is 2.28. The normalized spacial score (nSPS) is 18.9. The summed E-state index contributed by atoms with van der Waals surface area (Å²) in [6.45, 7) is 6.50. The first-order chi connectivity index (χ1) is 20.1. The van der Waals surface area contributed by atoms with E-state index in [1.165, 1.54) is 18.4 Å². The van der Waals surface area contributed by atoms with E-state index in [1.54, 1.807) is 18.6 Å². The highest BCUT2D eigenvalue weighted by atomic mass is 16.5. The Balaban J connectivity index is 1.01. The Morgan fingerprint density at radius 1 is 1.02 bits per heavy atom. The number of pyridine rings is 1. The van der Waals surface area contributed by atoms with Crippen molar-refractivity contribution in [2.75, 3.05) is 36.8 Å². The lowest BCUT2D eigenvalue weighted by Gasteiger charge is -2.34. The maximum absolute atomic E-state index is 11.9. The molecule has 2 aromatic heterocycles. The second-order valence-corrected chi connectivity index (χ2v) is 10.8. The monoisotopic (exact) mass is 557 g/mol. The van der Waals surface area contributed by atoms with Gasteiger partial charge in [-0.05, 0) is 80.1 Å². The van der Waals surface area contributed by atoms with E-state index in [0.29, 0.717) is 30.0 Å². The molecular formula is C31H39N7O3. The summed E-state index contributed by atoms with van der Waals surface area (Å²) in [5.74, 6) is 2.50. The van der Waals surface area contributed by atoms with Crippen molar-refractivity contribution in [2.45, 2.75) is 57.5 Å². The zero-order chi connectivity index (χ0) is 28.4. The van der Waals surface area contributed by atoms with Gasteiger partial charge in [-0.15, -0.1) is 0 Å². The minimum atomic E-state index is -0.651. The van der Waals surface area contributed by atoms with Crippen LogP contribution in [0, 0.1) is 5.92 Å². The standard InChI is InChI=1S/C31H39N7O3/c1-2-22(12-17-32-28-10-8-26(20-35-28)41-27-9-11-29(39)37-30(27)40)21-38-18-13-24(14-19-38)23-4-6-25(7-5-23)36-31-33-15-3-16-34-31/h3-8,10,15-16,20,22,24,27H,2,9,11-14,17-19,21H2,1H3,(H,32,35)(H,33,34,36)(H,37,39,40). The van der Waals surface area contributed by atoms with Crippen LogP contribution in [-0.2, 0) is 9.59 Å². The minimum Gasteiger partial charge on any atom is -0.479 e. The third kappa shape index (κ3) is 8.23. The molecule has 0 spiro atoms. The van der Waals surface area contributed by atoms with E-state index in [4.69, 9.17) is 4.74 Å². The molecule has 0 saturated carbocycles. The van der Waals surface area contributed by atoms with Crippen LogP contribution < -0.4 is 20.7 Å². The fraction of sp³-hybridized carbons (Fsp3) is 0.452. The van der Waals surface area contributed by atoms with E-state index in [1.807, 2.05) is 18.2 Å². The molecule has 2 saturated heterocycles. The third-order valence-electron chi connectivity index (χ3n) is 7.95. The summed E-state index contributed by atoms with van der Waals surface area (Å²) < 4.78 is 5.71. The van der Waals surface area contributed by atoms with Gasteiger partial charge in [0.05, 0.1) is 6.20 Å². The molecule has 2 fully saturated rings. The van der Waals surface area contributed by atoms with Gasteiger partial charge in [-0.2, -0.15) is 0 Å². The van der Waals surface area contributed by atoms with Crippen molar-refractivity contribution in [1.29, 1.82) is 0 Å². The summed E-state index contributed by atoms with van der Waals surface area (Å²) in [4.78, 5) is 38.7. The number of piperidine rings is 2. The number of anilines is 3. The average Bonchev–Trinajstić information content (AvgIpc) is 3.00. The largest absolute Gasteiger partial charge is 0.479 e. The second kappa shape index (κ2) is 14.0. The number of amides is 2. The molecule has 1 aromatic carbocycles. The van der Waals surface area contributed by atoms with Gasteiger partial charge in [0.15, 0.2) is 6.10 Å². The van der Waals surface area contributed by atoms with Gasteiger partial charge in [-0.1, -0.05) is 25.5 Å². The lowest BCUT2D eigenvalue weighted by atomic mass is 9.88. The summed E-state index contributed by atoms with van der Waals surface area (Å²) in [5.41, 5.74) is 2.41. The Labute approximate surface area is 241 Å². The lowest BCUT2D eigenvalue weighted by Crippen LogP contribution is -2.46. The maximum Gasteiger partial charge on any atom is 0.267 e. The highest BCUT2D eigenvalue weighted by molar-refractivity contribution is 5.99. The number of hydrogen-bond acceptors (Lipinski definition) is 9. The van der Waals surface area contributed by atoms with Crippen LogP contribution in [0.5, 0.6) is 5.75 Å². The van der Waals surface area contributed by atoms with Gasteiger partial charge >= 0.3 is 0 Å². The molecule has 0 aliphatic carbocycles. The number of hydrogen-bond donors (Lipinski definition) is 3. The Bertz CT molecular complexity index is 1260. The van der Waals surface area contributed by atoms with E-state index >= 15 is 0 Å². The van der Waals surface area contributed by atoms with Crippen molar-refractivity contribution in [2.24, 2.45) is 5.92 Å². The number of carbonyl (C=O) groups excluding carboxylic acids is 2. The molecule has 216 valence electrons. The average molecular weight is 558 g/mol. The maximum atomic E-state index is 11.9. The SMILES string of the molecule is CCC(CCNc1ccc(OC2CCC(=O)NC2=O)cn1)CN1CCC(c2ccc(Nc3ncccn3)cc2)CC1. The number of imide groups is 1. The number of aromatic nitrogens is 3. The zero-order valence-electron chi connectivity index (χ0n) is 23.6. The van der Waals surface area contributed by atoms with E-state index < -0.39 is 6.10 Å². The summed E-state index contributed by atoms with van der Waals surface area (Å²) >= 11 is 0. The van der Waals surface area contributed by atoms with Crippen LogP contribution in [0.25, 0.3) is 0 Å². The van der Waals surface area contributed by atoms with Gasteiger partial charge in [-0.25, -0.2) is 15.0 Å². The van der Waals surface area contributed by atoms with Gasteiger partial charge in [0.2, 0.25) is 11.9 Å². The van der Waals surface area contributed by atoms with Crippen molar-refractivity contribution >= 4 is 29.3 Å². The van der Waals surface area contributed by atoms with E-state index in [2.05, 4.69) is 67.0 Å². The second-order valence-electron chi connectivity index (χ2n) is 10.8. The topological polar surface area (TPSA) is 121 Å². The Kier molecular flexibility index (Phi) is 9.74. The molecule has 2 aliphatic rings. The fourth-order valence-corrected chi connectivity index (χ4v) is 5.48. The van der Waals surface area contributed by atoms with Crippen molar-refractivity contribution < 1.29 is 14.3 Å². The Morgan fingerprint density at radius 2 is 1.80 bits per heavy atom. The van der Waals surface area contributed by atoms with Crippen LogP contribution in [0.15, 0.2) is 61.1 Å². The molecule has 10 nitrogen and oxygen atoms in total. The summed E-state index contributed by atoms with van der Waals surface area (Å²) in [7, 11) is 0. The molecule has 3 aromatic rings. The summed E-state index contributed by atoms with van der Waals surface area (Å²) in [5, 5.41) is 8.97. The van der Waals surface area contributed by atoms with E-state index in [-0.39, 0.29) is 18.2 Å². The summed E-state index contributed by atoms with van der Waals surface area (Å²) in [6.07, 6.45) is 9.70. The van der Waals surface area contributed by atoms with Crippen LogP contribution in [0.1, 0.15) is 56.9 Å². The lowest BCUT2D eigenvalue weighted by molar-refractivity contribution is -0.138. The van der Waals surface area contributed by atoms with Gasteiger partial charge in [0.25, 0.3) is 5.91 Å². The molecule has 2 unspecified atom stereocenters. The number of benzene rings is 1.